The van der Waals surface area contributed by atoms with E-state index in [1.807, 2.05) is 41.1 Å². The normalized spacial score (nSPS) is 10.5. The molecule has 1 amide bonds. The topological polar surface area (TPSA) is 55.1 Å². The number of carbonyl (C=O) groups is 1. The van der Waals surface area contributed by atoms with E-state index >= 15 is 0 Å². The number of aromatic nitrogens is 1. The van der Waals surface area contributed by atoms with Gasteiger partial charge in [-0.3, -0.25) is 10.1 Å². The van der Waals surface area contributed by atoms with Crippen LogP contribution in [0.1, 0.15) is 5.56 Å². The zero-order chi connectivity index (χ0) is 14.7. The highest BCUT2D eigenvalue weighted by atomic mass is 79.9. The van der Waals surface area contributed by atoms with Gasteiger partial charge in [-0.1, -0.05) is 33.2 Å². The molecule has 0 saturated carbocycles. The summed E-state index contributed by atoms with van der Waals surface area (Å²) in [6, 6.07) is 11.3. The Labute approximate surface area is 133 Å². The average molecular weight is 363 g/mol. The fraction of sp³-hybridized carbons (Fsp3) is 0.0667. The molecule has 0 bridgehead atoms. The number of benzene rings is 1. The van der Waals surface area contributed by atoms with Gasteiger partial charge in [0.1, 0.15) is 5.69 Å². The van der Waals surface area contributed by atoms with Crippen molar-refractivity contribution in [3.8, 4) is 11.3 Å². The largest absolute Gasteiger partial charge is 0.338 e. The second kappa shape index (κ2) is 6.24. The smallest absolute Gasteiger partial charge is 0.231 e. The fourth-order valence-corrected chi connectivity index (χ4v) is 2.76. The Morgan fingerprint density at radius 3 is 2.81 bits per heavy atom. The summed E-state index contributed by atoms with van der Waals surface area (Å²) in [6.45, 7) is 0. The van der Waals surface area contributed by atoms with Gasteiger partial charge in [-0.15, -0.1) is 0 Å². The Morgan fingerprint density at radius 1 is 1.29 bits per heavy atom. The first-order valence-corrected chi connectivity index (χ1v) is 7.98. The number of halogens is 1. The molecule has 0 unspecified atom stereocenters. The molecule has 6 heteroatoms. The van der Waals surface area contributed by atoms with Crippen molar-refractivity contribution in [2.75, 3.05) is 5.32 Å². The number of anilines is 1. The lowest BCUT2D eigenvalue weighted by Gasteiger charge is -2.01. The van der Waals surface area contributed by atoms with Crippen LogP contribution in [0.4, 0.5) is 5.88 Å². The van der Waals surface area contributed by atoms with E-state index in [1.165, 1.54) is 0 Å². The minimum Gasteiger partial charge on any atom is -0.338 e. The molecule has 0 aliphatic carbocycles. The van der Waals surface area contributed by atoms with Crippen LogP contribution in [0.25, 0.3) is 11.3 Å². The minimum absolute atomic E-state index is 0.134. The highest BCUT2D eigenvalue weighted by Crippen LogP contribution is 2.23. The van der Waals surface area contributed by atoms with E-state index in [-0.39, 0.29) is 5.91 Å². The van der Waals surface area contributed by atoms with Crippen molar-refractivity contribution in [2.24, 2.45) is 0 Å². The molecule has 0 aliphatic rings. The molecule has 0 aliphatic heterocycles. The Morgan fingerprint density at radius 2 is 2.10 bits per heavy atom. The van der Waals surface area contributed by atoms with Gasteiger partial charge in [0, 0.05) is 21.5 Å². The van der Waals surface area contributed by atoms with Gasteiger partial charge in [0.15, 0.2) is 0 Å². The molecule has 1 N–H and O–H groups in total. The zero-order valence-electron chi connectivity index (χ0n) is 10.9. The highest BCUT2D eigenvalue weighted by molar-refractivity contribution is 9.10. The number of hydrogen-bond donors (Lipinski definition) is 1. The number of rotatable bonds is 4. The number of nitrogens with zero attached hydrogens (tertiary/aromatic N) is 1. The summed E-state index contributed by atoms with van der Waals surface area (Å²) in [5.41, 5.74) is 2.64. The molecule has 2 aromatic heterocycles. The maximum Gasteiger partial charge on any atom is 0.231 e. The lowest BCUT2D eigenvalue weighted by Crippen LogP contribution is -2.13. The van der Waals surface area contributed by atoms with Gasteiger partial charge in [0.25, 0.3) is 0 Å². The van der Waals surface area contributed by atoms with E-state index in [0.29, 0.717) is 12.3 Å². The first kappa shape index (κ1) is 14.0. The second-order valence-electron chi connectivity index (χ2n) is 4.44. The number of amides is 1. The number of hydrogen-bond acceptors (Lipinski definition) is 4. The Kier molecular flexibility index (Phi) is 4.17. The van der Waals surface area contributed by atoms with E-state index < -0.39 is 0 Å². The summed E-state index contributed by atoms with van der Waals surface area (Å²) < 4.78 is 6.12. The molecule has 0 saturated heterocycles. The summed E-state index contributed by atoms with van der Waals surface area (Å²) >= 11 is 4.95. The van der Waals surface area contributed by atoms with Crippen molar-refractivity contribution in [1.82, 2.24) is 5.16 Å². The molecule has 2 heterocycles. The third-order valence-corrected chi connectivity index (χ3v) is 4.08. The molecule has 0 atom stereocenters. The van der Waals surface area contributed by atoms with Crippen LogP contribution in [0, 0.1) is 0 Å². The monoisotopic (exact) mass is 362 g/mol. The fourth-order valence-electron chi connectivity index (χ4n) is 1.85. The summed E-state index contributed by atoms with van der Waals surface area (Å²) in [7, 11) is 0. The second-order valence-corrected chi connectivity index (χ2v) is 6.14. The zero-order valence-corrected chi connectivity index (χ0v) is 13.3. The van der Waals surface area contributed by atoms with Crippen LogP contribution in [0.5, 0.6) is 0 Å². The van der Waals surface area contributed by atoms with Crippen molar-refractivity contribution >= 4 is 39.1 Å². The molecule has 106 valence electrons. The Balaban J connectivity index is 1.64. The van der Waals surface area contributed by atoms with Gasteiger partial charge in [-0.05, 0) is 29.1 Å². The minimum atomic E-state index is -0.134. The molecule has 0 radical (unpaired) electrons. The lowest BCUT2D eigenvalue weighted by atomic mass is 10.1. The molecular weight excluding hydrogens is 352 g/mol. The molecule has 21 heavy (non-hydrogen) atoms. The van der Waals surface area contributed by atoms with Crippen LogP contribution in [0.2, 0.25) is 0 Å². The van der Waals surface area contributed by atoms with Crippen LogP contribution in [-0.2, 0) is 11.2 Å². The van der Waals surface area contributed by atoms with Crippen molar-refractivity contribution < 1.29 is 9.32 Å². The maximum atomic E-state index is 12.0. The molecule has 0 fully saturated rings. The third kappa shape index (κ3) is 3.59. The SMILES string of the molecule is O=C(Cc1ccc(Br)cc1)Nc1cc(-c2ccsc2)no1. The molecule has 1 aromatic carbocycles. The van der Waals surface area contributed by atoms with Gasteiger partial charge in [-0.2, -0.15) is 11.3 Å². The summed E-state index contributed by atoms with van der Waals surface area (Å²) in [4.78, 5) is 12.0. The molecule has 3 aromatic rings. The molecule has 0 spiro atoms. The van der Waals surface area contributed by atoms with E-state index in [1.54, 1.807) is 17.4 Å². The van der Waals surface area contributed by atoms with Crippen LogP contribution in [0.15, 0.2) is 56.2 Å². The number of thiophene rings is 1. The predicted octanol–water partition coefficient (Wildman–Crippen LogP) is 4.35. The Hall–Kier alpha value is -1.92. The number of nitrogens with one attached hydrogen (secondary N) is 1. The van der Waals surface area contributed by atoms with Crippen LogP contribution in [-0.4, -0.2) is 11.1 Å². The van der Waals surface area contributed by atoms with E-state index in [0.717, 1.165) is 21.3 Å². The van der Waals surface area contributed by atoms with Gasteiger partial charge in [0.05, 0.1) is 6.42 Å². The van der Waals surface area contributed by atoms with Gasteiger partial charge >= 0.3 is 0 Å². The van der Waals surface area contributed by atoms with E-state index in [4.69, 9.17) is 4.52 Å². The molecule has 4 nitrogen and oxygen atoms in total. The van der Waals surface area contributed by atoms with Crippen molar-refractivity contribution in [1.29, 1.82) is 0 Å². The first-order valence-electron chi connectivity index (χ1n) is 6.24. The third-order valence-electron chi connectivity index (χ3n) is 2.87. The average Bonchev–Trinajstić information content (AvgIpc) is 3.12. The maximum absolute atomic E-state index is 12.0. The van der Waals surface area contributed by atoms with Crippen LogP contribution < -0.4 is 5.32 Å². The van der Waals surface area contributed by atoms with Crippen molar-refractivity contribution in [3.05, 3.63) is 57.2 Å². The Bertz CT molecular complexity index is 735. The summed E-state index contributed by atoms with van der Waals surface area (Å²) in [5.74, 6) is 0.226. The summed E-state index contributed by atoms with van der Waals surface area (Å²) in [5, 5.41) is 10.6. The summed E-state index contributed by atoms with van der Waals surface area (Å²) in [6.07, 6.45) is 0.293. The predicted molar refractivity (Wildman–Crippen MR) is 86.3 cm³/mol. The molecule has 3 rings (SSSR count). The molecular formula is C15H11BrN2O2S. The van der Waals surface area contributed by atoms with Crippen molar-refractivity contribution in [2.45, 2.75) is 6.42 Å². The van der Waals surface area contributed by atoms with Gasteiger partial charge in [0.2, 0.25) is 11.8 Å². The standard InChI is InChI=1S/C15H11BrN2O2S/c16-12-3-1-10(2-4-12)7-14(19)17-15-8-13(18-20-15)11-5-6-21-9-11/h1-6,8-9H,7H2,(H,17,19). The van der Waals surface area contributed by atoms with Crippen LogP contribution in [0.3, 0.4) is 0 Å². The number of carbonyl (C=O) groups excluding carboxylic acids is 1. The van der Waals surface area contributed by atoms with E-state index in [9.17, 15) is 4.79 Å². The van der Waals surface area contributed by atoms with Gasteiger partial charge in [-0.25, -0.2) is 0 Å². The highest BCUT2D eigenvalue weighted by Gasteiger charge is 2.10. The van der Waals surface area contributed by atoms with Gasteiger partial charge < -0.3 is 4.52 Å². The quantitative estimate of drug-likeness (QED) is 0.750. The van der Waals surface area contributed by atoms with Crippen LogP contribution >= 0.6 is 27.3 Å². The first-order chi connectivity index (χ1) is 10.2. The lowest BCUT2D eigenvalue weighted by molar-refractivity contribution is -0.115. The van der Waals surface area contributed by atoms with Crippen molar-refractivity contribution in [3.63, 3.8) is 0 Å². The van der Waals surface area contributed by atoms with E-state index in [2.05, 4.69) is 26.4 Å².